The summed E-state index contributed by atoms with van der Waals surface area (Å²) >= 11 is 0. The quantitative estimate of drug-likeness (QED) is 0.504. The van der Waals surface area contributed by atoms with Gasteiger partial charge in [0.1, 0.15) is 0 Å². The van der Waals surface area contributed by atoms with Crippen LogP contribution in [0, 0.1) is 25.7 Å². The molecule has 20 heavy (non-hydrogen) atoms. The second-order valence-corrected chi connectivity index (χ2v) is 5.10. The predicted octanol–water partition coefficient (Wildman–Crippen LogP) is 4.86. The Morgan fingerprint density at radius 1 is 0.750 bits per heavy atom. The Morgan fingerprint density at radius 3 is 2.35 bits per heavy atom. The average Bonchev–Trinajstić information content (AvgIpc) is 2.47. The molecule has 0 radical (unpaired) electrons. The first-order chi connectivity index (χ1) is 9.74. The highest BCUT2D eigenvalue weighted by Gasteiger charge is 2.02. The van der Waals surface area contributed by atoms with Gasteiger partial charge in [0.25, 0.3) is 0 Å². The zero-order valence-corrected chi connectivity index (χ0v) is 11.8. The maximum absolute atomic E-state index is 3.34. The minimum atomic E-state index is 1.05. The van der Waals surface area contributed by atoms with Crippen LogP contribution in [-0.2, 0) is 0 Å². The molecule has 96 valence electrons. The van der Waals surface area contributed by atoms with Gasteiger partial charge < -0.3 is 0 Å². The fourth-order valence-electron chi connectivity index (χ4n) is 2.38. The van der Waals surface area contributed by atoms with E-state index in [2.05, 4.69) is 56.0 Å². The minimum Gasteiger partial charge on any atom is -0.0622 e. The number of aryl methyl sites for hydroxylation is 2. The molecule has 0 saturated carbocycles. The normalized spacial score (nSPS) is 10.1. The van der Waals surface area contributed by atoms with Crippen molar-refractivity contribution in [3.8, 4) is 11.8 Å². The van der Waals surface area contributed by atoms with E-state index in [-0.39, 0.29) is 0 Å². The number of hydrogen-bond acceptors (Lipinski definition) is 0. The van der Waals surface area contributed by atoms with Gasteiger partial charge in [-0.25, -0.2) is 0 Å². The van der Waals surface area contributed by atoms with E-state index in [0.717, 1.165) is 11.1 Å². The van der Waals surface area contributed by atoms with E-state index >= 15 is 0 Å². The van der Waals surface area contributed by atoms with Crippen molar-refractivity contribution in [2.75, 3.05) is 0 Å². The van der Waals surface area contributed by atoms with Crippen molar-refractivity contribution in [2.45, 2.75) is 13.8 Å². The molecule has 3 aromatic carbocycles. The fraction of sp³-hybridized carbons (Fsp3) is 0.100. The predicted molar refractivity (Wildman–Crippen MR) is 85.8 cm³/mol. The molecule has 0 heteroatoms. The van der Waals surface area contributed by atoms with Gasteiger partial charge in [-0.15, -0.1) is 0 Å². The highest BCUT2D eigenvalue weighted by molar-refractivity contribution is 5.90. The number of hydrogen-bond donors (Lipinski definition) is 0. The first-order valence-corrected chi connectivity index (χ1v) is 6.81. The molecule has 0 N–H and O–H groups in total. The fourth-order valence-corrected chi connectivity index (χ4v) is 2.38. The molecule has 0 aromatic heterocycles. The monoisotopic (exact) mass is 256 g/mol. The van der Waals surface area contributed by atoms with Gasteiger partial charge in [-0.3, -0.25) is 0 Å². The molecule has 0 bridgehead atoms. The Morgan fingerprint density at radius 2 is 1.55 bits per heavy atom. The van der Waals surface area contributed by atoms with Gasteiger partial charge in [-0.2, -0.15) is 0 Å². The van der Waals surface area contributed by atoms with Crippen molar-refractivity contribution in [3.05, 3.63) is 82.9 Å². The largest absolute Gasteiger partial charge is 0.0622 e. The summed E-state index contributed by atoms with van der Waals surface area (Å²) in [7, 11) is 0. The number of benzene rings is 3. The van der Waals surface area contributed by atoms with E-state index in [1.54, 1.807) is 0 Å². The molecule has 0 heterocycles. The van der Waals surface area contributed by atoms with Crippen LogP contribution >= 0.6 is 0 Å². The van der Waals surface area contributed by atoms with Gasteiger partial charge in [0.2, 0.25) is 0 Å². The van der Waals surface area contributed by atoms with E-state index in [1.807, 2.05) is 30.3 Å². The second kappa shape index (κ2) is 5.23. The van der Waals surface area contributed by atoms with Crippen LogP contribution in [-0.4, -0.2) is 0 Å². The number of fused-ring (bicyclic) bond motifs is 1. The van der Waals surface area contributed by atoms with E-state index in [9.17, 15) is 0 Å². The summed E-state index contributed by atoms with van der Waals surface area (Å²) < 4.78 is 0. The van der Waals surface area contributed by atoms with Crippen LogP contribution in [0.25, 0.3) is 10.8 Å². The summed E-state index contributed by atoms with van der Waals surface area (Å²) in [6.07, 6.45) is 0. The molecule has 0 aliphatic rings. The molecule has 0 aliphatic carbocycles. The molecule has 0 atom stereocenters. The van der Waals surface area contributed by atoms with E-state index in [4.69, 9.17) is 0 Å². The van der Waals surface area contributed by atoms with E-state index in [0.29, 0.717) is 0 Å². The van der Waals surface area contributed by atoms with E-state index < -0.39 is 0 Å². The van der Waals surface area contributed by atoms with Crippen LogP contribution in [0.4, 0.5) is 0 Å². The van der Waals surface area contributed by atoms with Crippen LogP contribution in [0.3, 0.4) is 0 Å². The number of rotatable bonds is 0. The Labute approximate surface area is 120 Å². The maximum Gasteiger partial charge on any atom is 0.0356 e. The average molecular weight is 256 g/mol. The summed E-state index contributed by atoms with van der Waals surface area (Å²) in [6, 6.07) is 21.0. The first-order valence-electron chi connectivity index (χ1n) is 6.81. The highest BCUT2D eigenvalue weighted by Crippen LogP contribution is 2.22. The minimum absolute atomic E-state index is 1.05. The van der Waals surface area contributed by atoms with Crippen LogP contribution in [0.5, 0.6) is 0 Å². The van der Waals surface area contributed by atoms with Gasteiger partial charge >= 0.3 is 0 Å². The van der Waals surface area contributed by atoms with Gasteiger partial charge in [0.15, 0.2) is 0 Å². The Kier molecular flexibility index (Phi) is 3.27. The summed E-state index contributed by atoms with van der Waals surface area (Å²) in [6.45, 7) is 4.24. The lowest BCUT2D eigenvalue weighted by Gasteiger charge is -2.05. The lowest BCUT2D eigenvalue weighted by atomic mass is 9.98. The van der Waals surface area contributed by atoms with Crippen molar-refractivity contribution in [1.82, 2.24) is 0 Å². The molecular weight excluding hydrogens is 240 g/mol. The maximum atomic E-state index is 3.34. The van der Waals surface area contributed by atoms with Crippen molar-refractivity contribution < 1.29 is 0 Å². The van der Waals surface area contributed by atoms with Gasteiger partial charge in [0, 0.05) is 11.1 Å². The molecule has 3 aromatic rings. The van der Waals surface area contributed by atoms with Crippen molar-refractivity contribution in [1.29, 1.82) is 0 Å². The van der Waals surface area contributed by atoms with Crippen molar-refractivity contribution >= 4 is 10.8 Å². The third-order valence-electron chi connectivity index (χ3n) is 3.49. The van der Waals surface area contributed by atoms with Crippen LogP contribution < -0.4 is 0 Å². The first kappa shape index (κ1) is 12.5. The molecule has 0 nitrogen and oxygen atoms in total. The van der Waals surface area contributed by atoms with E-state index in [1.165, 1.54) is 21.9 Å². The molecular formula is C20H16. The van der Waals surface area contributed by atoms with Gasteiger partial charge in [-0.1, -0.05) is 65.9 Å². The smallest absolute Gasteiger partial charge is 0.0356 e. The van der Waals surface area contributed by atoms with Crippen molar-refractivity contribution in [3.63, 3.8) is 0 Å². The zero-order valence-electron chi connectivity index (χ0n) is 11.8. The SMILES string of the molecule is Cc1ccc2c(C#Cc3ccccc3)c(C)ccc2c1. The summed E-state index contributed by atoms with van der Waals surface area (Å²) in [5.41, 5.74) is 4.69. The Hall–Kier alpha value is -2.52. The van der Waals surface area contributed by atoms with Crippen LogP contribution in [0.15, 0.2) is 60.7 Å². The molecule has 0 spiro atoms. The molecule has 3 rings (SSSR count). The second-order valence-electron chi connectivity index (χ2n) is 5.10. The zero-order chi connectivity index (χ0) is 13.9. The Bertz CT molecular complexity index is 815. The van der Waals surface area contributed by atoms with Crippen LogP contribution in [0.1, 0.15) is 22.3 Å². The topological polar surface area (TPSA) is 0 Å². The van der Waals surface area contributed by atoms with Crippen molar-refractivity contribution in [2.24, 2.45) is 0 Å². The summed E-state index contributed by atoms with van der Waals surface area (Å²) in [5, 5.41) is 2.49. The molecule has 0 saturated heterocycles. The van der Waals surface area contributed by atoms with Crippen LogP contribution in [0.2, 0.25) is 0 Å². The van der Waals surface area contributed by atoms with Gasteiger partial charge in [-0.05, 0) is 42.3 Å². The standard InChI is InChI=1S/C20H16/c1-15-8-12-20-18(14-15)11-9-16(2)19(20)13-10-17-6-4-3-5-7-17/h3-9,11-12,14H,1-2H3. The summed E-state index contributed by atoms with van der Waals surface area (Å²) in [4.78, 5) is 0. The molecule has 0 aliphatic heterocycles. The molecule has 0 fully saturated rings. The lowest BCUT2D eigenvalue weighted by Crippen LogP contribution is -1.86. The molecule has 0 unspecified atom stereocenters. The van der Waals surface area contributed by atoms with Gasteiger partial charge in [0.05, 0.1) is 0 Å². The molecule has 0 amide bonds. The summed E-state index contributed by atoms with van der Waals surface area (Å²) in [5.74, 6) is 6.60. The third kappa shape index (κ3) is 2.44. The Balaban J connectivity index is 2.16. The highest BCUT2D eigenvalue weighted by atomic mass is 14.1. The lowest BCUT2D eigenvalue weighted by molar-refractivity contribution is 1.45. The third-order valence-corrected chi connectivity index (χ3v) is 3.49.